The molecular weight excluding hydrogens is 268 g/mol. The number of rotatable bonds is 5. The minimum Gasteiger partial charge on any atom is -0.302 e. The highest BCUT2D eigenvalue weighted by Gasteiger charge is 2.21. The van der Waals surface area contributed by atoms with Crippen LogP contribution in [0.1, 0.15) is 60.9 Å². The molecule has 0 spiro atoms. The Morgan fingerprint density at radius 1 is 1.20 bits per heavy atom. The van der Waals surface area contributed by atoms with E-state index < -0.39 is 0 Å². The smallest absolute Gasteiger partial charge is 0.115 e. The maximum absolute atomic E-state index is 4.71. The van der Waals surface area contributed by atoms with Crippen molar-refractivity contribution in [2.75, 3.05) is 0 Å². The molecule has 0 bridgehead atoms. The van der Waals surface area contributed by atoms with Gasteiger partial charge in [-0.15, -0.1) is 11.3 Å². The van der Waals surface area contributed by atoms with Gasteiger partial charge in [-0.25, -0.2) is 4.98 Å². The first-order valence-electron chi connectivity index (χ1n) is 7.12. The molecule has 1 N–H and O–H groups in total. The van der Waals surface area contributed by atoms with Gasteiger partial charge in [-0.2, -0.15) is 5.10 Å². The monoisotopic (exact) mass is 292 g/mol. The van der Waals surface area contributed by atoms with Crippen LogP contribution in [0.5, 0.6) is 0 Å². The van der Waals surface area contributed by atoms with E-state index in [-0.39, 0.29) is 6.04 Å². The summed E-state index contributed by atoms with van der Waals surface area (Å²) in [5.74, 6) is 0. The minimum absolute atomic E-state index is 0.125. The highest BCUT2D eigenvalue weighted by Crippen LogP contribution is 2.28. The van der Waals surface area contributed by atoms with E-state index in [9.17, 15) is 0 Å². The summed E-state index contributed by atoms with van der Waals surface area (Å²) in [6, 6.07) is 0.898. The number of thiazole rings is 1. The lowest BCUT2D eigenvalue weighted by Gasteiger charge is -2.18. The quantitative estimate of drug-likeness (QED) is 0.915. The van der Waals surface area contributed by atoms with Crippen LogP contribution in [0.25, 0.3) is 0 Å². The zero-order chi connectivity index (χ0) is 14.9. The van der Waals surface area contributed by atoms with Gasteiger partial charge in [0.25, 0.3) is 0 Å². The first-order valence-corrected chi connectivity index (χ1v) is 7.94. The third-order valence-corrected chi connectivity index (χ3v) is 4.41. The van der Waals surface area contributed by atoms with Gasteiger partial charge in [0.1, 0.15) is 5.01 Å². The van der Waals surface area contributed by atoms with Crippen LogP contribution in [0.3, 0.4) is 0 Å². The summed E-state index contributed by atoms with van der Waals surface area (Å²) in [5.41, 5.74) is 2.30. The van der Waals surface area contributed by atoms with Crippen molar-refractivity contribution in [1.82, 2.24) is 20.1 Å². The maximum atomic E-state index is 4.71. The predicted molar refractivity (Wildman–Crippen MR) is 84.3 cm³/mol. The maximum Gasteiger partial charge on any atom is 0.115 e. The molecular formula is C15H24N4S. The second-order valence-electron chi connectivity index (χ2n) is 5.80. The molecule has 0 aliphatic carbocycles. The molecule has 110 valence electrons. The molecule has 0 radical (unpaired) electrons. The second-order valence-corrected chi connectivity index (χ2v) is 7.03. The Labute approximate surface area is 125 Å². The van der Waals surface area contributed by atoms with Gasteiger partial charge < -0.3 is 5.32 Å². The summed E-state index contributed by atoms with van der Waals surface area (Å²) < 4.78 is 2.00. The SMILES string of the molecule is Cc1nc(C(NC(C)C)c2cnn(C(C)C)c2)sc1C. The summed E-state index contributed by atoms with van der Waals surface area (Å²) in [6.07, 6.45) is 4.07. The van der Waals surface area contributed by atoms with Crippen molar-refractivity contribution in [3.05, 3.63) is 33.5 Å². The van der Waals surface area contributed by atoms with Gasteiger partial charge in [0, 0.05) is 28.7 Å². The fraction of sp³-hybridized carbons (Fsp3) is 0.600. The minimum atomic E-state index is 0.125. The van der Waals surface area contributed by atoms with Gasteiger partial charge in [0.05, 0.1) is 17.9 Å². The van der Waals surface area contributed by atoms with Crippen LogP contribution in [-0.2, 0) is 0 Å². The molecule has 0 aromatic carbocycles. The van der Waals surface area contributed by atoms with Crippen LogP contribution in [0.4, 0.5) is 0 Å². The summed E-state index contributed by atoms with van der Waals surface area (Å²) in [7, 11) is 0. The Bertz CT molecular complexity index is 549. The summed E-state index contributed by atoms with van der Waals surface area (Å²) in [6.45, 7) is 12.8. The number of nitrogens with one attached hydrogen (secondary N) is 1. The second kappa shape index (κ2) is 6.06. The van der Waals surface area contributed by atoms with Crippen molar-refractivity contribution in [3.8, 4) is 0 Å². The molecule has 0 aliphatic heterocycles. The van der Waals surface area contributed by atoms with Crippen LogP contribution >= 0.6 is 11.3 Å². The summed E-state index contributed by atoms with van der Waals surface area (Å²) >= 11 is 1.77. The molecule has 0 saturated heterocycles. The predicted octanol–water partition coefficient (Wildman–Crippen LogP) is 3.62. The molecule has 2 aromatic rings. The van der Waals surface area contributed by atoms with E-state index >= 15 is 0 Å². The van der Waals surface area contributed by atoms with E-state index in [0.29, 0.717) is 12.1 Å². The van der Waals surface area contributed by atoms with Crippen molar-refractivity contribution in [2.45, 2.75) is 59.7 Å². The average molecular weight is 292 g/mol. The standard InChI is InChI=1S/C15H24N4S/c1-9(2)17-14(15-18-11(5)12(6)20-15)13-7-16-19(8-13)10(3)4/h7-10,14,17H,1-6H3. The molecule has 20 heavy (non-hydrogen) atoms. The van der Waals surface area contributed by atoms with Gasteiger partial charge in [0.2, 0.25) is 0 Å². The number of aryl methyl sites for hydroxylation is 2. The molecule has 0 amide bonds. The Hall–Kier alpha value is -1.20. The number of aromatic nitrogens is 3. The first-order chi connectivity index (χ1) is 9.38. The van der Waals surface area contributed by atoms with E-state index in [2.05, 4.69) is 58.2 Å². The normalized spacial score (nSPS) is 13.4. The number of hydrogen-bond donors (Lipinski definition) is 1. The van der Waals surface area contributed by atoms with Crippen LogP contribution in [0.15, 0.2) is 12.4 Å². The van der Waals surface area contributed by atoms with Crippen molar-refractivity contribution in [1.29, 1.82) is 0 Å². The van der Waals surface area contributed by atoms with Gasteiger partial charge >= 0.3 is 0 Å². The molecule has 5 heteroatoms. The molecule has 2 rings (SSSR count). The van der Waals surface area contributed by atoms with Crippen LogP contribution < -0.4 is 5.32 Å². The van der Waals surface area contributed by atoms with Gasteiger partial charge in [-0.05, 0) is 41.5 Å². The zero-order valence-electron chi connectivity index (χ0n) is 13.1. The molecule has 2 aromatic heterocycles. The number of hydrogen-bond acceptors (Lipinski definition) is 4. The molecule has 0 fully saturated rings. The van der Waals surface area contributed by atoms with Crippen LogP contribution in [0, 0.1) is 13.8 Å². The lowest BCUT2D eigenvalue weighted by atomic mass is 10.1. The first kappa shape index (κ1) is 15.2. The van der Waals surface area contributed by atoms with E-state index in [1.54, 1.807) is 11.3 Å². The Morgan fingerprint density at radius 2 is 1.90 bits per heavy atom. The molecule has 1 atom stereocenters. The Balaban J connectivity index is 2.35. The van der Waals surface area contributed by atoms with Gasteiger partial charge in [-0.1, -0.05) is 0 Å². The average Bonchev–Trinajstić information content (AvgIpc) is 2.94. The fourth-order valence-corrected chi connectivity index (χ4v) is 3.06. The Kier molecular flexibility index (Phi) is 4.60. The molecule has 1 unspecified atom stereocenters. The molecule has 0 aliphatic rings. The Morgan fingerprint density at radius 3 is 2.35 bits per heavy atom. The molecule has 0 saturated carbocycles. The van der Waals surface area contributed by atoms with E-state index in [0.717, 1.165) is 10.7 Å². The summed E-state index contributed by atoms with van der Waals surface area (Å²) in [4.78, 5) is 6.00. The lowest BCUT2D eigenvalue weighted by molar-refractivity contribution is 0.518. The zero-order valence-corrected chi connectivity index (χ0v) is 14.0. The molecule has 4 nitrogen and oxygen atoms in total. The van der Waals surface area contributed by atoms with Gasteiger partial charge in [-0.3, -0.25) is 4.68 Å². The van der Waals surface area contributed by atoms with Crippen molar-refractivity contribution < 1.29 is 0 Å². The molecule has 2 heterocycles. The van der Waals surface area contributed by atoms with Crippen LogP contribution in [-0.4, -0.2) is 20.8 Å². The van der Waals surface area contributed by atoms with Crippen LogP contribution in [0.2, 0.25) is 0 Å². The van der Waals surface area contributed by atoms with Crippen molar-refractivity contribution >= 4 is 11.3 Å². The van der Waals surface area contributed by atoms with E-state index in [1.807, 2.05) is 10.9 Å². The largest absolute Gasteiger partial charge is 0.302 e. The van der Waals surface area contributed by atoms with E-state index in [4.69, 9.17) is 4.98 Å². The third-order valence-electron chi connectivity index (χ3n) is 3.28. The highest BCUT2D eigenvalue weighted by molar-refractivity contribution is 7.11. The third kappa shape index (κ3) is 3.27. The topological polar surface area (TPSA) is 42.7 Å². The van der Waals surface area contributed by atoms with E-state index in [1.165, 1.54) is 10.4 Å². The number of nitrogens with zero attached hydrogens (tertiary/aromatic N) is 3. The van der Waals surface area contributed by atoms with Crippen molar-refractivity contribution in [2.24, 2.45) is 0 Å². The van der Waals surface area contributed by atoms with Crippen molar-refractivity contribution in [3.63, 3.8) is 0 Å². The lowest BCUT2D eigenvalue weighted by Crippen LogP contribution is -2.28. The highest BCUT2D eigenvalue weighted by atomic mass is 32.1. The fourth-order valence-electron chi connectivity index (χ4n) is 2.05. The van der Waals surface area contributed by atoms with Gasteiger partial charge in [0.15, 0.2) is 0 Å². The summed E-state index contributed by atoms with van der Waals surface area (Å²) in [5, 5.41) is 9.17.